The van der Waals surface area contributed by atoms with E-state index in [1.165, 1.54) is 0 Å². The first-order chi connectivity index (χ1) is 10.8. The molecule has 0 aliphatic rings. The Labute approximate surface area is 125 Å². The second kappa shape index (κ2) is 4.77. The van der Waals surface area contributed by atoms with Gasteiger partial charge in [0.2, 0.25) is 0 Å². The Balaban J connectivity index is 1.82. The lowest BCUT2D eigenvalue weighted by atomic mass is 10.2. The van der Waals surface area contributed by atoms with Crippen molar-refractivity contribution >= 4 is 27.7 Å². The molecule has 4 aromatic rings. The summed E-state index contributed by atoms with van der Waals surface area (Å²) in [6, 6.07) is 16.4. The zero-order valence-electron chi connectivity index (χ0n) is 11.8. The molecule has 0 spiro atoms. The highest BCUT2D eigenvalue weighted by Crippen LogP contribution is 2.30. The van der Waals surface area contributed by atoms with E-state index in [4.69, 9.17) is 13.6 Å². The molecular weight excluding hydrogens is 280 g/mol. The van der Waals surface area contributed by atoms with Crippen molar-refractivity contribution in [1.29, 1.82) is 0 Å². The standard InChI is InChI=1S/C18H12O4/c1-20-14-8-4-6-12-10-16(22-18(12)14)17(19)15-9-11-5-2-3-7-13(11)21-15/h2-10H,1H3. The summed E-state index contributed by atoms with van der Waals surface area (Å²) in [5.41, 5.74) is 1.24. The number of para-hydroxylation sites is 2. The number of ketones is 1. The Hall–Kier alpha value is -3.01. The molecule has 0 saturated heterocycles. The largest absolute Gasteiger partial charge is 0.493 e. The minimum absolute atomic E-state index is 0.235. The van der Waals surface area contributed by atoms with Gasteiger partial charge in [-0.25, -0.2) is 0 Å². The second-order valence-corrected chi connectivity index (χ2v) is 4.97. The molecule has 4 heteroatoms. The Morgan fingerprint density at radius 1 is 0.909 bits per heavy atom. The SMILES string of the molecule is COc1cccc2cc(C(=O)c3cc4ccccc4o3)oc12. The van der Waals surface area contributed by atoms with Gasteiger partial charge in [-0.2, -0.15) is 0 Å². The third-order valence-electron chi connectivity index (χ3n) is 3.60. The molecule has 0 amide bonds. The maximum absolute atomic E-state index is 12.6. The Kier molecular flexibility index (Phi) is 2.76. The van der Waals surface area contributed by atoms with Crippen LogP contribution in [0.4, 0.5) is 0 Å². The topological polar surface area (TPSA) is 52.6 Å². The Bertz CT molecular complexity index is 958. The smallest absolute Gasteiger partial charge is 0.263 e. The van der Waals surface area contributed by atoms with Gasteiger partial charge in [0, 0.05) is 10.8 Å². The van der Waals surface area contributed by atoms with Gasteiger partial charge in [-0.1, -0.05) is 30.3 Å². The van der Waals surface area contributed by atoms with Crippen molar-refractivity contribution in [3.8, 4) is 5.75 Å². The van der Waals surface area contributed by atoms with Crippen molar-refractivity contribution in [2.24, 2.45) is 0 Å². The quantitative estimate of drug-likeness (QED) is 0.524. The van der Waals surface area contributed by atoms with Gasteiger partial charge in [0.15, 0.2) is 22.9 Å². The fourth-order valence-electron chi connectivity index (χ4n) is 2.52. The van der Waals surface area contributed by atoms with Crippen LogP contribution in [0.3, 0.4) is 0 Å². The Morgan fingerprint density at radius 3 is 2.45 bits per heavy atom. The van der Waals surface area contributed by atoms with E-state index in [2.05, 4.69) is 0 Å². The average molecular weight is 292 g/mol. The summed E-state index contributed by atoms with van der Waals surface area (Å²) in [5.74, 6) is 0.813. The van der Waals surface area contributed by atoms with E-state index in [0.29, 0.717) is 16.9 Å². The number of carbonyl (C=O) groups excluding carboxylic acids is 1. The van der Waals surface area contributed by atoms with E-state index in [1.807, 2.05) is 36.4 Å². The van der Waals surface area contributed by atoms with E-state index in [1.54, 1.807) is 25.3 Å². The molecule has 22 heavy (non-hydrogen) atoms. The maximum atomic E-state index is 12.6. The molecule has 0 bridgehead atoms. The first-order valence-electron chi connectivity index (χ1n) is 6.86. The molecule has 0 unspecified atom stereocenters. The summed E-state index contributed by atoms with van der Waals surface area (Å²) in [7, 11) is 1.57. The minimum Gasteiger partial charge on any atom is -0.493 e. The summed E-state index contributed by atoms with van der Waals surface area (Å²) in [5, 5.41) is 1.71. The van der Waals surface area contributed by atoms with Crippen LogP contribution in [-0.4, -0.2) is 12.9 Å². The summed E-state index contributed by atoms with van der Waals surface area (Å²) in [6.45, 7) is 0. The van der Waals surface area contributed by atoms with Crippen LogP contribution in [0.2, 0.25) is 0 Å². The van der Waals surface area contributed by atoms with Crippen LogP contribution < -0.4 is 4.74 Å². The van der Waals surface area contributed by atoms with Gasteiger partial charge in [-0.3, -0.25) is 4.79 Å². The van der Waals surface area contributed by atoms with E-state index in [9.17, 15) is 4.79 Å². The zero-order chi connectivity index (χ0) is 15.1. The number of furan rings is 2. The highest BCUT2D eigenvalue weighted by atomic mass is 16.5. The first-order valence-corrected chi connectivity index (χ1v) is 6.86. The summed E-state index contributed by atoms with van der Waals surface area (Å²) >= 11 is 0. The number of methoxy groups -OCH3 is 1. The summed E-state index contributed by atoms with van der Waals surface area (Å²) < 4.78 is 16.5. The van der Waals surface area contributed by atoms with Crippen molar-refractivity contribution in [2.75, 3.05) is 7.11 Å². The fraction of sp³-hybridized carbons (Fsp3) is 0.0556. The molecule has 108 valence electrons. The van der Waals surface area contributed by atoms with Crippen LogP contribution >= 0.6 is 0 Å². The third-order valence-corrected chi connectivity index (χ3v) is 3.60. The molecule has 2 aromatic heterocycles. The number of hydrogen-bond donors (Lipinski definition) is 0. The first kappa shape index (κ1) is 12.7. The molecule has 0 fully saturated rings. The van der Waals surface area contributed by atoms with Crippen LogP contribution in [0.5, 0.6) is 5.75 Å². The van der Waals surface area contributed by atoms with Crippen molar-refractivity contribution < 1.29 is 18.4 Å². The monoisotopic (exact) mass is 292 g/mol. The number of hydrogen-bond acceptors (Lipinski definition) is 4. The van der Waals surface area contributed by atoms with Crippen LogP contribution in [0, 0.1) is 0 Å². The molecule has 0 saturated carbocycles. The molecule has 2 heterocycles. The van der Waals surface area contributed by atoms with E-state index in [-0.39, 0.29) is 17.3 Å². The van der Waals surface area contributed by atoms with E-state index < -0.39 is 0 Å². The lowest BCUT2D eigenvalue weighted by Crippen LogP contribution is -1.96. The van der Waals surface area contributed by atoms with Crippen LogP contribution in [0.1, 0.15) is 16.3 Å². The summed E-state index contributed by atoms with van der Waals surface area (Å²) in [6.07, 6.45) is 0. The van der Waals surface area contributed by atoms with E-state index in [0.717, 1.165) is 10.8 Å². The van der Waals surface area contributed by atoms with Crippen molar-refractivity contribution in [3.05, 3.63) is 66.1 Å². The normalized spacial score (nSPS) is 11.1. The molecule has 0 radical (unpaired) electrons. The van der Waals surface area contributed by atoms with Gasteiger partial charge in [0.25, 0.3) is 5.78 Å². The molecule has 0 N–H and O–H groups in total. The van der Waals surface area contributed by atoms with Gasteiger partial charge in [0.05, 0.1) is 7.11 Å². The molecular formula is C18H12O4. The van der Waals surface area contributed by atoms with Crippen molar-refractivity contribution in [3.63, 3.8) is 0 Å². The predicted octanol–water partition coefficient (Wildman–Crippen LogP) is 4.42. The number of fused-ring (bicyclic) bond motifs is 2. The van der Waals surface area contributed by atoms with Gasteiger partial charge in [-0.05, 0) is 24.3 Å². The molecule has 2 aromatic carbocycles. The lowest BCUT2D eigenvalue weighted by molar-refractivity contribution is 0.0987. The van der Waals surface area contributed by atoms with Gasteiger partial charge >= 0.3 is 0 Å². The molecule has 0 atom stereocenters. The van der Waals surface area contributed by atoms with Gasteiger partial charge in [-0.15, -0.1) is 0 Å². The maximum Gasteiger partial charge on any atom is 0.263 e. The zero-order valence-corrected chi connectivity index (χ0v) is 11.8. The van der Waals surface area contributed by atoms with E-state index >= 15 is 0 Å². The Morgan fingerprint density at radius 2 is 1.64 bits per heavy atom. The fourth-order valence-corrected chi connectivity index (χ4v) is 2.52. The molecule has 0 aliphatic carbocycles. The molecule has 4 nitrogen and oxygen atoms in total. The highest BCUT2D eigenvalue weighted by molar-refractivity contribution is 6.09. The van der Waals surface area contributed by atoms with Crippen LogP contribution in [0.15, 0.2) is 63.4 Å². The average Bonchev–Trinajstić information content (AvgIpc) is 3.17. The third kappa shape index (κ3) is 1.89. The number of rotatable bonds is 3. The lowest BCUT2D eigenvalue weighted by Gasteiger charge is -1.98. The second-order valence-electron chi connectivity index (χ2n) is 4.97. The molecule has 0 aliphatic heterocycles. The van der Waals surface area contributed by atoms with Crippen molar-refractivity contribution in [1.82, 2.24) is 0 Å². The van der Waals surface area contributed by atoms with Crippen LogP contribution in [-0.2, 0) is 0 Å². The number of ether oxygens (including phenoxy) is 1. The number of benzene rings is 2. The van der Waals surface area contributed by atoms with Gasteiger partial charge in [0.1, 0.15) is 5.58 Å². The van der Waals surface area contributed by atoms with Crippen LogP contribution in [0.25, 0.3) is 21.9 Å². The highest BCUT2D eigenvalue weighted by Gasteiger charge is 2.20. The number of carbonyl (C=O) groups is 1. The molecule has 4 rings (SSSR count). The minimum atomic E-state index is -0.283. The van der Waals surface area contributed by atoms with Crippen molar-refractivity contribution in [2.45, 2.75) is 0 Å². The predicted molar refractivity (Wildman–Crippen MR) is 82.4 cm³/mol. The van der Waals surface area contributed by atoms with Gasteiger partial charge < -0.3 is 13.6 Å². The summed E-state index contributed by atoms with van der Waals surface area (Å²) in [4.78, 5) is 12.6.